The highest BCUT2D eigenvalue weighted by molar-refractivity contribution is 6.00. The van der Waals surface area contributed by atoms with Crippen LogP contribution in [0.1, 0.15) is 12.0 Å². The summed E-state index contributed by atoms with van der Waals surface area (Å²) in [5.41, 5.74) is 1.19. The minimum absolute atomic E-state index is 0.912. The monoisotopic (exact) mass is 280 g/mol. The molecule has 3 heteroatoms. The smallest absolute Gasteiger partial charge is 0.126 e. The number of ether oxygens (including phenoxy) is 1. The quantitative estimate of drug-likeness (QED) is 0.858. The standard InChI is InChI=1S/C18H20N2O/c1-20-13-5-12-19-18(20)11-9-14-8-10-17(21-2)16-7-4-3-6-15(14)16/h3-4,6-11H,5,12-13H2,1-2H3/b11-9+. The van der Waals surface area contributed by atoms with E-state index in [1.807, 2.05) is 12.1 Å². The van der Waals surface area contributed by atoms with E-state index in [0.717, 1.165) is 36.5 Å². The number of likely N-dealkylation sites (N-methyl/N-ethyl adjacent to an activating group) is 1. The van der Waals surface area contributed by atoms with Crippen molar-refractivity contribution in [2.24, 2.45) is 4.99 Å². The summed E-state index contributed by atoms with van der Waals surface area (Å²) >= 11 is 0. The SMILES string of the molecule is COc1ccc(/C=C/C2=NCCCN2C)c2ccccc12. The Balaban J connectivity index is 2.00. The predicted octanol–water partition coefficient (Wildman–Crippen LogP) is 3.60. The zero-order valence-electron chi connectivity index (χ0n) is 12.5. The fourth-order valence-electron chi connectivity index (χ4n) is 2.70. The first kappa shape index (κ1) is 13.7. The van der Waals surface area contributed by atoms with Gasteiger partial charge in [-0.25, -0.2) is 0 Å². The molecule has 0 radical (unpaired) electrons. The van der Waals surface area contributed by atoms with Crippen molar-refractivity contribution in [3.05, 3.63) is 48.0 Å². The summed E-state index contributed by atoms with van der Waals surface area (Å²) in [4.78, 5) is 6.77. The molecule has 0 fully saturated rings. The minimum Gasteiger partial charge on any atom is -0.496 e. The first-order valence-corrected chi connectivity index (χ1v) is 7.29. The number of fused-ring (bicyclic) bond motifs is 1. The number of aliphatic imine (C=N–C) groups is 1. The van der Waals surface area contributed by atoms with Crippen molar-refractivity contribution < 1.29 is 4.74 Å². The van der Waals surface area contributed by atoms with Crippen LogP contribution in [0.5, 0.6) is 5.75 Å². The lowest BCUT2D eigenvalue weighted by Crippen LogP contribution is -2.30. The van der Waals surface area contributed by atoms with Gasteiger partial charge in [0.2, 0.25) is 0 Å². The molecule has 0 aliphatic carbocycles. The molecule has 3 rings (SSSR count). The molecule has 0 aromatic heterocycles. The van der Waals surface area contributed by atoms with Gasteiger partial charge in [0.1, 0.15) is 11.6 Å². The average molecular weight is 280 g/mol. The fraction of sp³-hybridized carbons (Fsp3) is 0.278. The summed E-state index contributed by atoms with van der Waals surface area (Å²) in [5, 5.41) is 2.34. The van der Waals surface area contributed by atoms with Crippen molar-refractivity contribution in [1.29, 1.82) is 0 Å². The van der Waals surface area contributed by atoms with Gasteiger partial charge in [-0.2, -0.15) is 0 Å². The topological polar surface area (TPSA) is 24.8 Å². The molecule has 0 N–H and O–H groups in total. The lowest BCUT2D eigenvalue weighted by atomic mass is 10.0. The average Bonchev–Trinajstić information content (AvgIpc) is 2.54. The highest BCUT2D eigenvalue weighted by atomic mass is 16.5. The number of nitrogens with zero attached hydrogens (tertiary/aromatic N) is 2. The maximum Gasteiger partial charge on any atom is 0.126 e. The molecule has 0 amide bonds. The van der Waals surface area contributed by atoms with E-state index in [1.54, 1.807) is 7.11 Å². The van der Waals surface area contributed by atoms with Crippen molar-refractivity contribution >= 4 is 22.7 Å². The Morgan fingerprint density at radius 3 is 2.67 bits per heavy atom. The van der Waals surface area contributed by atoms with Crippen molar-refractivity contribution in [3.8, 4) is 5.75 Å². The van der Waals surface area contributed by atoms with Gasteiger partial charge in [0.05, 0.1) is 7.11 Å². The highest BCUT2D eigenvalue weighted by Crippen LogP contribution is 2.29. The van der Waals surface area contributed by atoms with Crippen LogP contribution in [-0.4, -0.2) is 38.0 Å². The molecule has 1 heterocycles. The number of amidine groups is 1. The van der Waals surface area contributed by atoms with Gasteiger partial charge in [-0.15, -0.1) is 0 Å². The van der Waals surface area contributed by atoms with Gasteiger partial charge in [-0.1, -0.05) is 36.4 Å². The lowest BCUT2D eigenvalue weighted by Gasteiger charge is -2.22. The summed E-state index contributed by atoms with van der Waals surface area (Å²) in [6.45, 7) is 2.00. The van der Waals surface area contributed by atoms with Gasteiger partial charge in [0.15, 0.2) is 0 Å². The lowest BCUT2D eigenvalue weighted by molar-refractivity contribution is 0.420. The third-order valence-electron chi connectivity index (χ3n) is 3.87. The first-order chi connectivity index (χ1) is 10.3. The third-order valence-corrected chi connectivity index (χ3v) is 3.87. The van der Waals surface area contributed by atoms with Crippen LogP contribution in [0.4, 0.5) is 0 Å². The summed E-state index contributed by atoms with van der Waals surface area (Å²) in [6.07, 6.45) is 5.38. The van der Waals surface area contributed by atoms with Gasteiger partial charge in [0, 0.05) is 25.5 Å². The molecular weight excluding hydrogens is 260 g/mol. The van der Waals surface area contributed by atoms with E-state index < -0.39 is 0 Å². The molecule has 1 aliphatic heterocycles. The number of methoxy groups -OCH3 is 1. The molecule has 2 aromatic carbocycles. The Labute approximate surface area is 125 Å². The Morgan fingerprint density at radius 2 is 1.90 bits per heavy atom. The molecule has 2 aromatic rings. The number of hydrogen-bond donors (Lipinski definition) is 0. The summed E-state index contributed by atoms with van der Waals surface area (Å²) < 4.78 is 5.44. The largest absolute Gasteiger partial charge is 0.496 e. The molecule has 0 saturated carbocycles. The van der Waals surface area contributed by atoms with Gasteiger partial charge >= 0.3 is 0 Å². The molecule has 108 valence electrons. The molecule has 0 bridgehead atoms. The first-order valence-electron chi connectivity index (χ1n) is 7.29. The van der Waals surface area contributed by atoms with Gasteiger partial charge < -0.3 is 9.64 Å². The zero-order chi connectivity index (χ0) is 14.7. The molecule has 0 spiro atoms. The van der Waals surface area contributed by atoms with Crippen molar-refractivity contribution in [1.82, 2.24) is 4.90 Å². The van der Waals surface area contributed by atoms with E-state index in [4.69, 9.17) is 4.74 Å². The Bertz CT molecular complexity index is 703. The van der Waals surface area contributed by atoms with Crippen LogP contribution in [0.2, 0.25) is 0 Å². The maximum absolute atomic E-state index is 5.44. The minimum atomic E-state index is 0.912. The molecular formula is C18H20N2O. The van der Waals surface area contributed by atoms with Crippen LogP contribution >= 0.6 is 0 Å². The van der Waals surface area contributed by atoms with Crippen molar-refractivity contribution in [2.45, 2.75) is 6.42 Å². The van der Waals surface area contributed by atoms with E-state index >= 15 is 0 Å². The summed E-state index contributed by atoms with van der Waals surface area (Å²) in [5.74, 6) is 1.97. The summed E-state index contributed by atoms with van der Waals surface area (Å²) in [6, 6.07) is 12.4. The maximum atomic E-state index is 5.44. The number of hydrogen-bond acceptors (Lipinski definition) is 3. The van der Waals surface area contributed by atoms with Gasteiger partial charge in [-0.3, -0.25) is 4.99 Å². The Kier molecular flexibility index (Phi) is 3.91. The normalized spacial score (nSPS) is 15.5. The molecule has 3 nitrogen and oxygen atoms in total. The molecule has 0 saturated heterocycles. The fourth-order valence-corrected chi connectivity index (χ4v) is 2.70. The van der Waals surface area contributed by atoms with Gasteiger partial charge in [-0.05, 0) is 29.5 Å². The molecule has 0 unspecified atom stereocenters. The van der Waals surface area contributed by atoms with E-state index in [-0.39, 0.29) is 0 Å². The second-order valence-electron chi connectivity index (χ2n) is 5.25. The number of rotatable bonds is 3. The van der Waals surface area contributed by atoms with Crippen LogP contribution in [0.3, 0.4) is 0 Å². The van der Waals surface area contributed by atoms with E-state index in [1.165, 1.54) is 10.9 Å². The Hall–Kier alpha value is -2.29. The Morgan fingerprint density at radius 1 is 1.10 bits per heavy atom. The highest BCUT2D eigenvalue weighted by Gasteiger charge is 2.08. The predicted molar refractivity (Wildman–Crippen MR) is 89.1 cm³/mol. The van der Waals surface area contributed by atoms with Crippen LogP contribution in [0.25, 0.3) is 16.8 Å². The second-order valence-corrected chi connectivity index (χ2v) is 5.25. The zero-order valence-corrected chi connectivity index (χ0v) is 12.5. The van der Waals surface area contributed by atoms with Crippen LogP contribution in [0.15, 0.2) is 47.5 Å². The van der Waals surface area contributed by atoms with Gasteiger partial charge in [0.25, 0.3) is 0 Å². The van der Waals surface area contributed by atoms with E-state index in [2.05, 4.69) is 53.4 Å². The third kappa shape index (κ3) is 2.77. The molecule has 0 atom stereocenters. The van der Waals surface area contributed by atoms with Crippen molar-refractivity contribution in [3.63, 3.8) is 0 Å². The summed E-state index contributed by atoms with van der Waals surface area (Å²) in [7, 11) is 3.80. The molecule has 21 heavy (non-hydrogen) atoms. The van der Waals surface area contributed by atoms with Crippen molar-refractivity contribution in [2.75, 3.05) is 27.2 Å². The van der Waals surface area contributed by atoms with E-state index in [9.17, 15) is 0 Å². The van der Waals surface area contributed by atoms with Crippen LogP contribution in [0, 0.1) is 0 Å². The van der Waals surface area contributed by atoms with E-state index in [0.29, 0.717) is 0 Å². The number of benzene rings is 2. The van der Waals surface area contributed by atoms with Crippen LogP contribution < -0.4 is 4.74 Å². The second kappa shape index (κ2) is 6.00. The molecule has 1 aliphatic rings. The van der Waals surface area contributed by atoms with Crippen LogP contribution in [-0.2, 0) is 0 Å².